The number of nitrogens with two attached hydrogens (primary N) is 1. The smallest absolute Gasteiger partial charge is 0.315 e. The molecule has 0 fully saturated rings. The predicted molar refractivity (Wildman–Crippen MR) is 81.5 cm³/mol. The zero-order valence-electron chi connectivity index (χ0n) is 10.6. The van der Waals surface area contributed by atoms with Crippen molar-refractivity contribution in [1.82, 2.24) is 0 Å². The van der Waals surface area contributed by atoms with Crippen molar-refractivity contribution >= 4 is 38.7 Å². The number of nitrogen functional groups attached to an aromatic ring is 1. The van der Waals surface area contributed by atoms with Crippen molar-refractivity contribution < 1.29 is 9.66 Å². The lowest BCUT2D eigenvalue weighted by molar-refractivity contribution is -0.383. The Morgan fingerprint density at radius 3 is 2.75 bits per heavy atom. The topological polar surface area (TPSA) is 90.4 Å². The minimum Gasteiger partial charge on any atom is -0.497 e. The molecule has 0 aromatic heterocycles. The van der Waals surface area contributed by atoms with Gasteiger partial charge in [0.1, 0.15) is 17.1 Å². The molecule has 0 aliphatic carbocycles. The molecule has 104 valence electrons. The standard InChI is InChI=1S/C13H12BrN3O3/c1-20-10-6-8(14)5-9(7-10)16-12-4-2-3-11(15)13(12)17(18)19/h2-7,16H,15H2,1H3. The van der Waals surface area contributed by atoms with Crippen molar-refractivity contribution in [2.45, 2.75) is 0 Å². The number of benzene rings is 2. The third-order valence-corrected chi connectivity index (χ3v) is 3.09. The van der Waals surface area contributed by atoms with E-state index in [1.54, 1.807) is 37.4 Å². The number of nitrogens with zero attached hydrogens (tertiary/aromatic N) is 1. The van der Waals surface area contributed by atoms with Crippen LogP contribution in [-0.4, -0.2) is 12.0 Å². The molecule has 3 N–H and O–H groups in total. The first kappa shape index (κ1) is 14.1. The van der Waals surface area contributed by atoms with Crippen LogP contribution in [0.1, 0.15) is 0 Å². The molecule has 20 heavy (non-hydrogen) atoms. The van der Waals surface area contributed by atoms with E-state index in [1.807, 2.05) is 0 Å². The summed E-state index contributed by atoms with van der Waals surface area (Å²) >= 11 is 3.35. The third-order valence-electron chi connectivity index (χ3n) is 2.64. The summed E-state index contributed by atoms with van der Waals surface area (Å²) in [7, 11) is 1.55. The number of hydrogen-bond donors (Lipinski definition) is 2. The molecule has 0 saturated heterocycles. The van der Waals surface area contributed by atoms with Crippen LogP contribution < -0.4 is 15.8 Å². The van der Waals surface area contributed by atoms with E-state index in [4.69, 9.17) is 10.5 Å². The minimum absolute atomic E-state index is 0.113. The van der Waals surface area contributed by atoms with E-state index in [0.717, 1.165) is 4.47 Å². The number of rotatable bonds is 4. The first-order valence-electron chi connectivity index (χ1n) is 5.65. The Balaban J connectivity index is 2.42. The summed E-state index contributed by atoms with van der Waals surface area (Å²) in [6.45, 7) is 0. The van der Waals surface area contributed by atoms with E-state index >= 15 is 0 Å². The van der Waals surface area contributed by atoms with Crippen LogP contribution in [0.25, 0.3) is 0 Å². The molecular formula is C13H12BrN3O3. The Kier molecular flexibility index (Phi) is 4.09. The highest BCUT2D eigenvalue weighted by Crippen LogP contribution is 2.34. The van der Waals surface area contributed by atoms with Gasteiger partial charge in [0.05, 0.1) is 12.0 Å². The molecule has 0 radical (unpaired) electrons. The van der Waals surface area contributed by atoms with Gasteiger partial charge in [-0.2, -0.15) is 0 Å². The molecule has 7 heteroatoms. The maximum atomic E-state index is 11.1. The Morgan fingerprint density at radius 2 is 2.10 bits per heavy atom. The number of nitrogens with one attached hydrogen (secondary N) is 1. The van der Waals surface area contributed by atoms with Gasteiger partial charge in [-0.3, -0.25) is 10.1 Å². The largest absolute Gasteiger partial charge is 0.497 e. The van der Waals surface area contributed by atoms with E-state index in [0.29, 0.717) is 17.1 Å². The van der Waals surface area contributed by atoms with Crippen LogP contribution in [0, 0.1) is 10.1 Å². The molecule has 0 spiro atoms. The molecule has 0 aliphatic rings. The summed E-state index contributed by atoms with van der Waals surface area (Å²) in [6.07, 6.45) is 0. The lowest BCUT2D eigenvalue weighted by Crippen LogP contribution is -2.01. The van der Waals surface area contributed by atoms with Crippen LogP contribution in [0.4, 0.5) is 22.7 Å². The number of nitro groups is 1. The highest BCUT2D eigenvalue weighted by atomic mass is 79.9. The molecule has 0 heterocycles. The second-order valence-corrected chi connectivity index (χ2v) is 4.92. The van der Waals surface area contributed by atoms with Crippen molar-refractivity contribution in [3.8, 4) is 5.75 Å². The van der Waals surface area contributed by atoms with E-state index in [-0.39, 0.29) is 11.4 Å². The minimum atomic E-state index is -0.507. The summed E-state index contributed by atoms with van der Waals surface area (Å²) in [5.41, 5.74) is 6.60. The number of hydrogen-bond acceptors (Lipinski definition) is 5. The zero-order valence-corrected chi connectivity index (χ0v) is 12.2. The van der Waals surface area contributed by atoms with Crippen molar-refractivity contribution in [2.24, 2.45) is 0 Å². The number of para-hydroxylation sites is 1. The van der Waals surface area contributed by atoms with Gasteiger partial charge in [0.25, 0.3) is 0 Å². The number of nitro benzene ring substituents is 1. The second kappa shape index (κ2) is 5.79. The average Bonchev–Trinajstić information content (AvgIpc) is 2.37. The third kappa shape index (κ3) is 3.00. The molecular weight excluding hydrogens is 326 g/mol. The zero-order chi connectivity index (χ0) is 14.7. The van der Waals surface area contributed by atoms with Crippen molar-refractivity contribution in [3.63, 3.8) is 0 Å². The first-order valence-corrected chi connectivity index (χ1v) is 6.45. The number of ether oxygens (including phenoxy) is 1. The Hall–Kier alpha value is -2.28. The van der Waals surface area contributed by atoms with Gasteiger partial charge in [-0.25, -0.2) is 0 Å². The summed E-state index contributed by atoms with van der Waals surface area (Å²) < 4.78 is 5.94. The average molecular weight is 338 g/mol. The Morgan fingerprint density at radius 1 is 1.35 bits per heavy atom. The molecule has 0 unspecified atom stereocenters. The highest BCUT2D eigenvalue weighted by Gasteiger charge is 2.17. The molecule has 0 aliphatic heterocycles. The van der Waals surface area contributed by atoms with Crippen molar-refractivity contribution in [3.05, 3.63) is 51.0 Å². The maximum Gasteiger partial charge on any atom is 0.315 e. The van der Waals surface area contributed by atoms with Gasteiger partial charge < -0.3 is 15.8 Å². The fourth-order valence-corrected chi connectivity index (χ4v) is 2.25. The Labute approximate surface area is 123 Å². The van der Waals surface area contributed by atoms with Gasteiger partial charge >= 0.3 is 5.69 Å². The first-order chi connectivity index (χ1) is 9.51. The maximum absolute atomic E-state index is 11.1. The summed E-state index contributed by atoms with van der Waals surface area (Å²) in [6, 6.07) is 10.1. The predicted octanol–water partition coefficient (Wildman–Crippen LogP) is 3.69. The van der Waals surface area contributed by atoms with Gasteiger partial charge in [0.2, 0.25) is 0 Å². The van der Waals surface area contributed by atoms with E-state index < -0.39 is 4.92 Å². The molecule has 2 aromatic rings. The van der Waals surface area contributed by atoms with Gasteiger partial charge in [0, 0.05) is 16.2 Å². The molecule has 0 atom stereocenters. The molecule has 2 aromatic carbocycles. The quantitative estimate of drug-likeness (QED) is 0.504. The van der Waals surface area contributed by atoms with E-state index in [9.17, 15) is 10.1 Å². The van der Waals surface area contributed by atoms with E-state index in [1.165, 1.54) is 6.07 Å². The number of anilines is 3. The SMILES string of the molecule is COc1cc(Br)cc(Nc2cccc(N)c2[N+](=O)[O-])c1. The summed E-state index contributed by atoms with van der Waals surface area (Å²) in [5, 5.41) is 14.1. The van der Waals surface area contributed by atoms with Gasteiger partial charge in [-0.1, -0.05) is 22.0 Å². The van der Waals surface area contributed by atoms with Gasteiger partial charge in [-0.05, 0) is 24.3 Å². The highest BCUT2D eigenvalue weighted by molar-refractivity contribution is 9.10. The lowest BCUT2D eigenvalue weighted by Gasteiger charge is -2.10. The van der Waals surface area contributed by atoms with Crippen LogP contribution in [0.5, 0.6) is 5.75 Å². The van der Waals surface area contributed by atoms with Gasteiger partial charge in [-0.15, -0.1) is 0 Å². The fraction of sp³-hybridized carbons (Fsp3) is 0.0769. The second-order valence-electron chi connectivity index (χ2n) is 4.01. The summed E-state index contributed by atoms with van der Waals surface area (Å²) in [4.78, 5) is 10.6. The number of methoxy groups -OCH3 is 1. The fourth-order valence-electron chi connectivity index (χ4n) is 1.77. The van der Waals surface area contributed by atoms with Crippen molar-refractivity contribution in [1.29, 1.82) is 0 Å². The lowest BCUT2D eigenvalue weighted by atomic mass is 10.2. The monoisotopic (exact) mass is 337 g/mol. The molecule has 0 saturated carbocycles. The van der Waals surface area contributed by atoms with Crippen LogP contribution in [0.15, 0.2) is 40.9 Å². The van der Waals surface area contributed by atoms with Crippen LogP contribution in [0.3, 0.4) is 0 Å². The van der Waals surface area contributed by atoms with Crippen LogP contribution in [-0.2, 0) is 0 Å². The van der Waals surface area contributed by atoms with Crippen molar-refractivity contribution in [2.75, 3.05) is 18.2 Å². The molecule has 0 bridgehead atoms. The molecule has 2 rings (SSSR count). The van der Waals surface area contributed by atoms with E-state index in [2.05, 4.69) is 21.2 Å². The summed E-state index contributed by atoms with van der Waals surface area (Å²) in [5.74, 6) is 0.633. The Bertz CT molecular complexity index is 661. The number of halogens is 1. The normalized spacial score (nSPS) is 10.1. The van der Waals surface area contributed by atoms with Crippen LogP contribution >= 0.6 is 15.9 Å². The molecule has 6 nitrogen and oxygen atoms in total. The molecule has 0 amide bonds. The van der Waals surface area contributed by atoms with Crippen LogP contribution in [0.2, 0.25) is 0 Å². The van der Waals surface area contributed by atoms with Gasteiger partial charge in [0.15, 0.2) is 0 Å².